The summed E-state index contributed by atoms with van der Waals surface area (Å²) in [4.78, 5) is 31.6. The summed E-state index contributed by atoms with van der Waals surface area (Å²) in [6.45, 7) is 3.48. The van der Waals surface area contributed by atoms with Gasteiger partial charge in [0, 0.05) is 30.6 Å². The molecule has 25 heavy (non-hydrogen) atoms. The second-order valence-electron chi connectivity index (χ2n) is 7.03. The molecule has 1 saturated heterocycles. The first-order chi connectivity index (χ1) is 11.9. The summed E-state index contributed by atoms with van der Waals surface area (Å²) in [5.41, 5.74) is 0.299. The first-order valence-corrected chi connectivity index (χ1v) is 8.69. The van der Waals surface area contributed by atoms with Gasteiger partial charge in [-0.05, 0) is 44.6 Å². The van der Waals surface area contributed by atoms with Gasteiger partial charge in [-0.1, -0.05) is 13.3 Å². The lowest BCUT2D eigenvalue weighted by Gasteiger charge is -2.24. The zero-order valence-corrected chi connectivity index (χ0v) is 14.9. The number of pyridine rings is 1. The molecule has 1 amide bonds. The van der Waals surface area contributed by atoms with Crippen molar-refractivity contribution in [1.82, 2.24) is 14.8 Å². The van der Waals surface area contributed by atoms with E-state index >= 15 is 0 Å². The van der Waals surface area contributed by atoms with Crippen molar-refractivity contribution >= 4 is 16.8 Å². The van der Waals surface area contributed by atoms with Crippen molar-refractivity contribution < 1.29 is 9.18 Å². The van der Waals surface area contributed by atoms with Gasteiger partial charge < -0.3 is 14.8 Å². The molecule has 0 spiro atoms. The Morgan fingerprint density at radius 2 is 2.08 bits per heavy atom. The average Bonchev–Trinajstić information content (AvgIpc) is 2.97. The Morgan fingerprint density at radius 1 is 1.32 bits per heavy atom. The van der Waals surface area contributed by atoms with Gasteiger partial charge in [-0.2, -0.15) is 0 Å². The first-order valence-electron chi connectivity index (χ1n) is 8.69. The number of amides is 1. The Morgan fingerprint density at radius 3 is 2.76 bits per heavy atom. The van der Waals surface area contributed by atoms with E-state index in [2.05, 4.69) is 16.8 Å². The summed E-state index contributed by atoms with van der Waals surface area (Å²) < 4.78 is 13.5. The molecular weight excluding hydrogens is 321 g/mol. The normalized spacial score (nSPS) is 20.6. The van der Waals surface area contributed by atoms with Crippen molar-refractivity contribution in [3.8, 4) is 0 Å². The zero-order chi connectivity index (χ0) is 18.1. The number of rotatable bonds is 4. The van der Waals surface area contributed by atoms with Crippen LogP contribution in [0.15, 0.2) is 29.1 Å². The van der Waals surface area contributed by atoms with Crippen molar-refractivity contribution in [2.24, 2.45) is 5.92 Å². The van der Waals surface area contributed by atoms with Crippen molar-refractivity contribution in [2.45, 2.75) is 25.8 Å². The van der Waals surface area contributed by atoms with E-state index in [0.717, 1.165) is 12.8 Å². The number of benzene rings is 1. The van der Waals surface area contributed by atoms with Crippen LogP contribution in [0.3, 0.4) is 0 Å². The molecule has 3 rings (SSSR count). The molecule has 1 aromatic carbocycles. The van der Waals surface area contributed by atoms with E-state index in [9.17, 15) is 14.0 Å². The summed E-state index contributed by atoms with van der Waals surface area (Å²) in [7, 11) is 4.07. The van der Waals surface area contributed by atoms with E-state index in [1.54, 1.807) is 6.07 Å². The number of aromatic nitrogens is 1. The van der Waals surface area contributed by atoms with Crippen LogP contribution in [0.4, 0.5) is 4.39 Å². The minimum Gasteiger partial charge on any atom is -0.337 e. The van der Waals surface area contributed by atoms with Gasteiger partial charge in [-0.15, -0.1) is 0 Å². The molecule has 6 heteroatoms. The van der Waals surface area contributed by atoms with Gasteiger partial charge in [-0.3, -0.25) is 9.59 Å². The van der Waals surface area contributed by atoms with Gasteiger partial charge >= 0.3 is 0 Å². The molecule has 2 aromatic rings. The topological polar surface area (TPSA) is 56.4 Å². The highest BCUT2D eigenvalue weighted by Gasteiger charge is 2.36. The Bertz CT molecular complexity index is 846. The van der Waals surface area contributed by atoms with E-state index in [1.807, 2.05) is 19.0 Å². The van der Waals surface area contributed by atoms with Gasteiger partial charge in [-0.25, -0.2) is 4.39 Å². The summed E-state index contributed by atoms with van der Waals surface area (Å²) >= 11 is 0. The summed E-state index contributed by atoms with van der Waals surface area (Å²) in [6, 6.07) is 5.75. The third kappa shape index (κ3) is 3.44. The third-order valence-electron chi connectivity index (χ3n) is 5.05. The maximum Gasteiger partial charge on any atom is 0.254 e. The highest BCUT2D eigenvalue weighted by Crippen LogP contribution is 2.27. The molecule has 134 valence electrons. The predicted octanol–water partition coefficient (Wildman–Crippen LogP) is 2.47. The summed E-state index contributed by atoms with van der Waals surface area (Å²) in [5.74, 6) is -0.174. The van der Waals surface area contributed by atoms with Crippen molar-refractivity contribution in [2.75, 3.05) is 27.2 Å². The van der Waals surface area contributed by atoms with Crippen molar-refractivity contribution in [1.29, 1.82) is 0 Å². The van der Waals surface area contributed by atoms with Crippen LogP contribution in [0.5, 0.6) is 0 Å². The molecule has 2 atom stereocenters. The lowest BCUT2D eigenvalue weighted by atomic mass is 9.98. The molecule has 2 heterocycles. The molecule has 0 saturated carbocycles. The molecule has 1 aliphatic heterocycles. The highest BCUT2D eigenvalue weighted by atomic mass is 19.1. The Kier molecular flexibility index (Phi) is 4.90. The van der Waals surface area contributed by atoms with Gasteiger partial charge in [0.1, 0.15) is 5.82 Å². The number of hydrogen-bond donors (Lipinski definition) is 1. The Balaban J connectivity index is 1.96. The van der Waals surface area contributed by atoms with E-state index in [4.69, 9.17) is 0 Å². The number of carbonyl (C=O) groups excluding carboxylic acids is 1. The number of halogens is 1. The number of nitrogens with zero attached hydrogens (tertiary/aromatic N) is 2. The fourth-order valence-corrected chi connectivity index (χ4v) is 3.84. The fourth-order valence-electron chi connectivity index (χ4n) is 3.84. The van der Waals surface area contributed by atoms with Crippen LogP contribution in [-0.4, -0.2) is 53.9 Å². The first kappa shape index (κ1) is 17.6. The van der Waals surface area contributed by atoms with Crippen molar-refractivity contribution in [3.63, 3.8) is 0 Å². The second-order valence-corrected chi connectivity index (χ2v) is 7.03. The van der Waals surface area contributed by atoms with Crippen LogP contribution in [0.2, 0.25) is 0 Å². The molecule has 0 aliphatic carbocycles. The number of nitrogens with one attached hydrogen (secondary N) is 1. The minimum atomic E-state index is -0.440. The van der Waals surface area contributed by atoms with Gasteiger partial charge in [0.05, 0.1) is 11.1 Å². The monoisotopic (exact) mass is 345 g/mol. The average molecular weight is 345 g/mol. The summed E-state index contributed by atoms with van der Waals surface area (Å²) in [6.07, 6.45) is 2.14. The van der Waals surface area contributed by atoms with E-state index in [1.165, 1.54) is 18.2 Å². The van der Waals surface area contributed by atoms with Crippen LogP contribution in [-0.2, 0) is 0 Å². The fraction of sp³-hybridized carbons (Fsp3) is 0.474. The van der Waals surface area contributed by atoms with Crippen molar-refractivity contribution in [3.05, 3.63) is 46.0 Å². The Hall–Kier alpha value is -2.21. The lowest BCUT2D eigenvalue weighted by molar-refractivity contribution is 0.0782. The smallest absolute Gasteiger partial charge is 0.254 e. The van der Waals surface area contributed by atoms with Gasteiger partial charge in [0.25, 0.3) is 5.91 Å². The zero-order valence-electron chi connectivity index (χ0n) is 14.9. The molecule has 0 bridgehead atoms. The molecule has 2 unspecified atom stereocenters. The summed E-state index contributed by atoms with van der Waals surface area (Å²) in [5, 5.41) is 0.575. The molecule has 1 fully saturated rings. The van der Waals surface area contributed by atoms with E-state index < -0.39 is 11.4 Å². The molecule has 1 N–H and O–H groups in total. The minimum absolute atomic E-state index is 0.159. The predicted molar refractivity (Wildman–Crippen MR) is 96.3 cm³/mol. The van der Waals surface area contributed by atoms with Crippen LogP contribution in [0.25, 0.3) is 10.9 Å². The molecule has 5 nitrogen and oxygen atoms in total. The largest absolute Gasteiger partial charge is 0.337 e. The van der Waals surface area contributed by atoms with Gasteiger partial charge in [0.2, 0.25) is 5.56 Å². The number of fused-ring (bicyclic) bond motifs is 1. The number of H-pyrrole nitrogens is 1. The quantitative estimate of drug-likeness (QED) is 0.926. The number of carbonyl (C=O) groups is 1. The maximum absolute atomic E-state index is 13.5. The van der Waals surface area contributed by atoms with Crippen LogP contribution < -0.4 is 5.56 Å². The molecule has 1 aliphatic rings. The maximum atomic E-state index is 13.5. The number of likely N-dealkylation sites (tertiary alicyclic amines) is 1. The van der Waals surface area contributed by atoms with Crippen LogP contribution in [0, 0.1) is 11.7 Å². The standard InChI is InChI=1S/C19H24FN3O2/c1-4-5-12-10-23(11-17(12)22(2)3)19(25)15-9-18(24)21-16-8-13(20)6-7-14(15)16/h6-9,12,17H,4-5,10-11H2,1-3H3,(H,21,24). The van der Waals surface area contributed by atoms with Crippen LogP contribution >= 0.6 is 0 Å². The molecule has 1 aromatic heterocycles. The SMILES string of the molecule is CCCC1CN(C(=O)c2cc(=O)[nH]c3cc(F)ccc23)CC1N(C)C. The number of hydrogen-bond acceptors (Lipinski definition) is 3. The van der Waals surface area contributed by atoms with Crippen LogP contribution in [0.1, 0.15) is 30.1 Å². The number of aromatic amines is 1. The number of likely N-dealkylation sites (N-methyl/N-ethyl adjacent to an activating group) is 1. The Labute approximate surface area is 146 Å². The second kappa shape index (κ2) is 6.96. The molecular formula is C19H24FN3O2. The van der Waals surface area contributed by atoms with E-state index in [-0.39, 0.29) is 5.91 Å². The molecule has 0 radical (unpaired) electrons. The van der Waals surface area contributed by atoms with Gasteiger partial charge in [0.15, 0.2) is 0 Å². The lowest BCUT2D eigenvalue weighted by Crippen LogP contribution is -2.36. The highest BCUT2D eigenvalue weighted by molar-refractivity contribution is 6.06. The third-order valence-corrected chi connectivity index (χ3v) is 5.05. The van der Waals surface area contributed by atoms with E-state index in [0.29, 0.717) is 41.5 Å².